The Balaban J connectivity index is 1.86. The number of phenols is 1. The molecule has 1 aromatic heterocycles. The molecular formula is C17H17N7OS2. The van der Waals surface area contributed by atoms with Gasteiger partial charge in [0, 0.05) is 11.3 Å². The van der Waals surface area contributed by atoms with Crippen molar-refractivity contribution >= 4 is 34.8 Å². The first kappa shape index (κ1) is 18.8. The number of phenolic OH excluding ortho intramolecular Hbond substituents is 1. The average molecular weight is 400 g/mol. The summed E-state index contributed by atoms with van der Waals surface area (Å²) in [4.78, 5) is 0. The molecule has 0 saturated heterocycles. The molecule has 2 aromatic carbocycles. The van der Waals surface area contributed by atoms with Gasteiger partial charge in [-0.3, -0.25) is 5.43 Å². The van der Waals surface area contributed by atoms with Crippen LogP contribution < -0.4 is 11.2 Å². The SMILES string of the molecule is Cc1ccc(O)c(/C(CSc2nnnn2-c2ccccc2)=N\NC(N)=S)c1. The number of tetrazole rings is 1. The number of benzene rings is 2. The fourth-order valence-electron chi connectivity index (χ4n) is 2.31. The van der Waals surface area contributed by atoms with E-state index in [4.69, 9.17) is 18.0 Å². The van der Waals surface area contributed by atoms with Crippen LogP contribution in [-0.2, 0) is 0 Å². The summed E-state index contributed by atoms with van der Waals surface area (Å²) in [5.74, 6) is 0.507. The molecule has 3 aromatic rings. The Morgan fingerprint density at radius 3 is 2.81 bits per heavy atom. The second kappa shape index (κ2) is 8.60. The van der Waals surface area contributed by atoms with Crippen molar-refractivity contribution in [1.29, 1.82) is 0 Å². The van der Waals surface area contributed by atoms with Gasteiger partial charge in [-0.05, 0) is 53.8 Å². The maximum Gasteiger partial charge on any atom is 0.214 e. The predicted octanol–water partition coefficient (Wildman–Crippen LogP) is 2.01. The molecule has 0 aliphatic rings. The van der Waals surface area contributed by atoms with Crippen molar-refractivity contribution in [1.82, 2.24) is 25.6 Å². The van der Waals surface area contributed by atoms with E-state index in [-0.39, 0.29) is 10.9 Å². The van der Waals surface area contributed by atoms with Crippen molar-refractivity contribution in [2.45, 2.75) is 12.1 Å². The van der Waals surface area contributed by atoms with Crippen LogP contribution in [0.2, 0.25) is 0 Å². The molecule has 4 N–H and O–H groups in total. The van der Waals surface area contributed by atoms with Crippen molar-refractivity contribution in [3.05, 3.63) is 59.7 Å². The zero-order valence-corrected chi connectivity index (χ0v) is 16.0. The van der Waals surface area contributed by atoms with Gasteiger partial charge in [-0.2, -0.15) is 9.78 Å². The number of para-hydroxylation sites is 1. The van der Waals surface area contributed by atoms with Crippen molar-refractivity contribution < 1.29 is 5.11 Å². The molecular weight excluding hydrogens is 382 g/mol. The highest BCUT2D eigenvalue weighted by Crippen LogP contribution is 2.24. The Labute approximate surface area is 165 Å². The Kier molecular flexibility index (Phi) is 5.99. The van der Waals surface area contributed by atoms with Crippen molar-refractivity contribution in [2.75, 3.05) is 5.75 Å². The van der Waals surface area contributed by atoms with E-state index in [0.717, 1.165) is 11.3 Å². The number of aromatic hydroxyl groups is 1. The summed E-state index contributed by atoms with van der Waals surface area (Å²) in [6, 6.07) is 14.9. The Morgan fingerprint density at radius 1 is 1.30 bits per heavy atom. The smallest absolute Gasteiger partial charge is 0.214 e. The molecule has 3 rings (SSSR count). The number of hydrogen-bond acceptors (Lipinski definition) is 7. The first-order chi connectivity index (χ1) is 13.0. The van der Waals surface area contributed by atoms with E-state index < -0.39 is 0 Å². The zero-order chi connectivity index (χ0) is 19.2. The summed E-state index contributed by atoms with van der Waals surface area (Å²) in [6.07, 6.45) is 0. The van der Waals surface area contributed by atoms with Crippen LogP contribution in [0.15, 0.2) is 58.8 Å². The molecule has 0 amide bonds. The Bertz CT molecular complexity index is 972. The van der Waals surface area contributed by atoms with E-state index in [0.29, 0.717) is 22.2 Å². The number of nitrogens with one attached hydrogen (secondary N) is 1. The van der Waals surface area contributed by atoms with Gasteiger partial charge in [0.15, 0.2) is 5.11 Å². The van der Waals surface area contributed by atoms with E-state index in [9.17, 15) is 5.11 Å². The van der Waals surface area contributed by atoms with Gasteiger partial charge in [0.25, 0.3) is 0 Å². The zero-order valence-electron chi connectivity index (χ0n) is 14.4. The molecule has 1 heterocycles. The van der Waals surface area contributed by atoms with Gasteiger partial charge in [-0.15, -0.1) is 5.10 Å². The van der Waals surface area contributed by atoms with Crippen LogP contribution in [0.25, 0.3) is 5.69 Å². The Morgan fingerprint density at radius 2 is 2.07 bits per heavy atom. The summed E-state index contributed by atoms with van der Waals surface area (Å²) in [5.41, 5.74) is 11.1. The van der Waals surface area contributed by atoms with Gasteiger partial charge >= 0.3 is 0 Å². The lowest BCUT2D eigenvalue weighted by atomic mass is 10.1. The predicted molar refractivity (Wildman–Crippen MR) is 109 cm³/mol. The van der Waals surface area contributed by atoms with Crippen molar-refractivity contribution in [3.8, 4) is 11.4 Å². The number of hydrazone groups is 1. The minimum atomic E-state index is 0.0405. The van der Waals surface area contributed by atoms with Gasteiger partial charge in [0.2, 0.25) is 5.16 Å². The van der Waals surface area contributed by atoms with Crippen molar-refractivity contribution in [3.63, 3.8) is 0 Å². The largest absolute Gasteiger partial charge is 0.507 e. The highest BCUT2D eigenvalue weighted by atomic mass is 32.2. The molecule has 0 unspecified atom stereocenters. The van der Waals surface area contributed by atoms with E-state index in [1.807, 2.05) is 49.4 Å². The minimum absolute atomic E-state index is 0.0405. The number of nitrogens with zero attached hydrogens (tertiary/aromatic N) is 5. The standard InChI is InChI=1S/C17H17N7OS2/c1-11-7-8-15(25)13(9-11)14(19-20-16(18)26)10-27-17-21-22-23-24(17)12-5-3-2-4-6-12/h2-9,25H,10H2,1H3,(H3,18,20,26)/b19-14-. The lowest BCUT2D eigenvalue weighted by molar-refractivity contribution is 0.474. The van der Waals surface area contributed by atoms with E-state index in [2.05, 4.69) is 26.1 Å². The normalized spacial score (nSPS) is 11.4. The molecule has 0 spiro atoms. The fraction of sp³-hybridized carbons (Fsp3) is 0.118. The molecule has 0 bridgehead atoms. The quantitative estimate of drug-likeness (QED) is 0.250. The third-order valence-electron chi connectivity index (χ3n) is 3.54. The second-order valence-corrected chi connectivity index (χ2v) is 6.93. The van der Waals surface area contributed by atoms with Gasteiger partial charge in [-0.25, -0.2) is 0 Å². The minimum Gasteiger partial charge on any atom is -0.507 e. The summed E-state index contributed by atoms with van der Waals surface area (Å²) in [7, 11) is 0. The monoisotopic (exact) mass is 399 g/mol. The van der Waals surface area contributed by atoms with Crippen LogP contribution in [0.5, 0.6) is 5.75 Å². The first-order valence-corrected chi connectivity index (χ1v) is 9.32. The number of rotatable bonds is 6. The topological polar surface area (TPSA) is 114 Å². The number of aryl methyl sites for hydroxylation is 1. The van der Waals surface area contributed by atoms with Crippen LogP contribution >= 0.6 is 24.0 Å². The first-order valence-electron chi connectivity index (χ1n) is 7.93. The number of aromatic nitrogens is 4. The molecule has 8 nitrogen and oxygen atoms in total. The molecule has 0 fully saturated rings. The van der Waals surface area contributed by atoms with Crippen LogP contribution in [0.4, 0.5) is 0 Å². The molecule has 0 aliphatic carbocycles. The van der Waals surface area contributed by atoms with Crippen LogP contribution in [0, 0.1) is 6.92 Å². The molecule has 138 valence electrons. The summed E-state index contributed by atoms with van der Waals surface area (Å²) >= 11 is 6.20. The maximum atomic E-state index is 10.2. The lowest BCUT2D eigenvalue weighted by Crippen LogP contribution is -2.26. The third-order valence-corrected chi connectivity index (χ3v) is 4.57. The summed E-state index contributed by atoms with van der Waals surface area (Å²) in [6.45, 7) is 1.94. The van der Waals surface area contributed by atoms with Gasteiger partial charge < -0.3 is 10.8 Å². The second-order valence-electron chi connectivity index (χ2n) is 5.55. The summed E-state index contributed by atoms with van der Waals surface area (Å²) < 4.78 is 1.64. The van der Waals surface area contributed by atoms with E-state index in [1.54, 1.807) is 10.7 Å². The number of nitrogens with two attached hydrogens (primary N) is 1. The van der Waals surface area contributed by atoms with E-state index in [1.165, 1.54) is 11.8 Å². The summed E-state index contributed by atoms with van der Waals surface area (Å²) in [5, 5.41) is 27.0. The molecule has 0 aliphatic heterocycles. The van der Waals surface area contributed by atoms with Gasteiger partial charge in [-0.1, -0.05) is 41.6 Å². The maximum absolute atomic E-state index is 10.2. The molecule has 0 atom stereocenters. The highest BCUT2D eigenvalue weighted by Gasteiger charge is 2.14. The highest BCUT2D eigenvalue weighted by molar-refractivity contribution is 7.99. The molecule has 27 heavy (non-hydrogen) atoms. The number of thioether (sulfide) groups is 1. The number of thiocarbonyl (C=S) groups is 1. The number of hydrogen-bond donors (Lipinski definition) is 3. The van der Waals surface area contributed by atoms with E-state index >= 15 is 0 Å². The molecule has 0 saturated carbocycles. The van der Waals surface area contributed by atoms with Crippen LogP contribution in [0.3, 0.4) is 0 Å². The third kappa shape index (κ3) is 4.80. The van der Waals surface area contributed by atoms with Crippen molar-refractivity contribution in [2.24, 2.45) is 10.8 Å². The van der Waals surface area contributed by atoms with Gasteiger partial charge in [0.05, 0.1) is 11.4 Å². The fourth-order valence-corrected chi connectivity index (χ4v) is 3.20. The Hall–Kier alpha value is -2.98. The van der Waals surface area contributed by atoms with Gasteiger partial charge in [0.1, 0.15) is 5.75 Å². The van der Waals surface area contributed by atoms with Crippen LogP contribution in [-0.4, -0.2) is 41.9 Å². The van der Waals surface area contributed by atoms with Crippen LogP contribution in [0.1, 0.15) is 11.1 Å². The average Bonchev–Trinajstić information content (AvgIpc) is 3.13. The molecule has 0 radical (unpaired) electrons. The lowest BCUT2D eigenvalue weighted by Gasteiger charge is -2.10. The molecule has 10 heteroatoms.